The SMILES string of the molecule is COC(=O)c1cccc(Cn2cc(C=NO)c3ccccc32)c1. The third kappa shape index (κ3) is 2.94. The Kier molecular flexibility index (Phi) is 4.10. The molecule has 2 aromatic carbocycles. The third-order valence-electron chi connectivity index (χ3n) is 3.72. The van der Waals surface area contributed by atoms with Gasteiger partial charge in [-0.25, -0.2) is 4.79 Å². The molecule has 0 aliphatic heterocycles. The van der Waals surface area contributed by atoms with Crippen molar-refractivity contribution in [3.63, 3.8) is 0 Å². The second-order valence-electron chi connectivity index (χ2n) is 5.17. The number of hydrogen-bond acceptors (Lipinski definition) is 4. The van der Waals surface area contributed by atoms with Crippen LogP contribution in [-0.4, -0.2) is 29.1 Å². The average Bonchev–Trinajstić information content (AvgIpc) is 2.93. The average molecular weight is 308 g/mol. The first-order chi connectivity index (χ1) is 11.2. The van der Waals surface area contributed by atoms with Crippen LogP contribution in [0.2, 0.25) is 0 Å². The number of oxime groups is 1. The number of hydrogen-bond donors (Lipinski definition) is 1. The Morgan fingerprint density at radius 2 is 2.09 bits per heavy atom. The normalized spacial score (nSPS) is 11.2. The van der Waals surface area contributed by atoms with E-state index in [1.54, 1.807) is 6.07 Å². The summed E-state index contributed by atoms with van der Waals surface area (Å²) in [4.78, 5) is 11.6. The summed E-state index contributed by atoms with van der Waals surface area (Å²) >= 11 is 0. The lowest BCUT2D eigenvalue weighted by atomic mass is 10.1. The molecule has 0 unspecified atom stereocenters. The number of benzene rings is 2. The number of carbonyl (C=O) groups is 1. The van der Waals surface area contributed by atoms with Crippen molar-refractivity contribution < 1.29 is 14.7 Å². The standard InChI is InChI=1S/C18H16N2O3/c1-23-18(21)14-6-4-5-13(9-14)11-20-12-15(10-19-22)16-7-2-3-8-17(16)20/h2-10,12,22H,11H2,1H3. The number of para-hydroxylation sites is 1. The fraction of sp³-hybridized carbons (Fsp3) is 0.111. The molecule has 1 heterocycles. The van der Waals surface area contributed by atoms with Gasteiger partial charge in [-0.1, -0.05) is 35.5 Å². The Morgan fingerprint density at radius 3 is 2.87 bits per heavy atom. The molecule has 5 nitrogen and oxygen atoms in total. The summed E-state index contributed by atoms with van der Waals surface area (Å²) in [5, 5.41) is 12.9. The lowest BCUT2D eigenvalue weighted by Crippen LogP contribution is -2.03. The Morgan fingerprint density at radius 1 is 1.26 bits per heavy atom. The second-order valence-corrected chi connectivity index (χ2v) is 5.17. The number of fused-ring (bicyclic) bond motifs is 1. The van der Waals surface area contributed by atoms with Crippen molar-refractivity contribution in [2.75, 3.05) is 7.11 Å². The van der Waals surface area contributed by atoms with E-state index in [0.717, 1.165) is 22.0 Å². The Bertz CT molecular complexity index is 881. The maximum absolute atomic E-state index is 11.6. The zero-order chi connectivity index (χ0) is 16.2. The molecular weight excluding hydrogens is 292 g/mol. The fourth-order valence-electron chi connectivity index (χ4n) is 2.68. The van der Waals surface area contributed by atoms with Crippen LogP contribution in [0.5, 0.6) is 0 Å². The molecule has 0 atom stereocenters. The van der Waals surface area contributed by atoms with E-state index in [1.165, 1.54) is 13.3 Å². The molecule has 23 heavy (non-hydrogen) atoms. The highest BCUT2D eigenvalue weighted by Crippen LogP contribution is 2.21. The van der Waals surface area contributed by atoms with Crippen molar-refractivity contribution in [2.24, 2.45) is 5.16 Å². The zero-order valence-corrected chi connectivity index (χ0v) is 12.6. The molecule has 0 aliphatic rings. The zero-order valence-electron chi connectivity index (χ0n) is 12.6. The van der Waals surface area contributed by atoms with Gasteiger partial charge >= 0.3 is 5.97 Å². The minimum absolute atomic E-state index is 0.350. The molecule has 3 rings (SSSR count). The van der Waals surface area contributed by atoms with Crippen LogP contribution >= 0.6 is 0 Å². The number of rotatable bonds is 4. The smallest absolute Gasteiger partial charge is 0.337 e. The van der Waals surface area contributed by atoms with Gasteiger partial charge in [0.05, 0.1) is 18.9 Å². The van der Waals surface area contributed by atoms with Gasteiger partial charge in [0, 0.05) is 29.2 Å². The number of nitrogens with zero attached hydrogens (tertiary/aromatic N) is 2. The van der Waals surface area contributed by atoms with Crippen molar-refractivity contribution in [1.29, 1.82) is 0 Å². The summed E-state index contributed by atoms with van der Waals surface area (Å²) in [6.07, 6.45) is 3.35. The maximum Gasteiger partial charge on any atom is 0.337 e. The minimum Gasteiger partial charge on any atom is -0.465 e. The Balaban J connectivity index is 2.00. The summed E-state index contributed by atoms with van der Waals surface area (Å²) in [6, 6.07) is 15.2. The molecule has 116 valence electrons. The highest BCUT2D eigenvalue weighted by atomic mass is 16.5. The molecule has 0 saturated carbocycles. The lowest BCUT2D eigenvalue weighted by molar-refractivity contribution is 0.0600. The molecule has 0 amide bonds. The third-order valence-corrected chi connectivity index (χ3v) is 3.72. The maximum atomic E-state index is 11.6. The largest absolute Gasteiger partial charge is 0.465 e. The molecule has 5 heteroatoms. The molecule has 0 bridgehead atoms. The monoisotopic (exact) mass is 308 g/mol. The number of carbonyl (C=O) groups excluding carboxylic acids is 1. The van der Waals surface area contributed by atoms with Crippen molar-refractivity contribution in [3.8, 4) is 0 Å². The van der Waals surface area contributed by atoms with Gasteiger partial charge < -0.3 is 14.5 Å². The lowest BCUT2D eigenvalue weighted by Gasteiger charge is -2.07. The van der Waals surface area contributed by atoms with Crippen LogP contribution < -0.4 is 0 Å². The minimum atomic E-state index is -0.350. The summed E-state index contributed by atoms with van der Waals surface area (Å²) in [5.74, 6) is -0.350. The van der Waals surface area contributed by atoms with E-state index in [-0.39, 0.29) is 5.97 Å². The molecule has 0 radical (unpaired) electrons. The van der Waals surface area contributed by atoms with Crippen molar-refractivity contribution in [2.45, 2.75) is 6.54 Å². The van der Waals surface area contributed by atoms with E-state index >= 15 is 0 Å². The van der Waals surface area contributed by atoms with Gasteiger partial charge in [-0.05, 0) is 23.8 Å². The van der Waals surface area contributed by atoms with Gasteiger partial charge in [0.2, 0.25) is 0 Å². The van der Waals surface area contributed by atoms with Gasteiger partial charge in [0.25, 0.3) is 0 Å². The summed E-state index contributed by atoms with van der Waals surface area (Å²) < 4.78 is 6.82. The van der Waals surface area contributed by atoms with Crippen molar-refractivity contribution in [3.05, 3.63) is 71.4 Å². The van der Waals surface area contributed by atoms with Crippen LogP contribution in [0.3, 0.4) is 0 Å². The quantitative estimate of drug-likeness (QED) is 0.348. The molecule has 0 fully saturated rings. The molecule has 3 aromatic rings. The highest BCUT2D eigenvalue weighted by molar-refractivity contribution is 5.99. The molecular formula is C18H16N2O3. The van der Waals surface area contributed by atoms with E-state index in [2.05, 4.69) is 9.72 Å². The van der Waals surface area contributed by atoms with Gasteiger partial charge in [-0.3, -0.25) is 0 Å². The van der Waals surface area contributed by atoms with E-state index in [9.17, 15) is 4.79 Å². The van der Waals surface area contributed by atoms with Gasteiger partial charge in [0.15, 0.2) is 0 Å². The number of ether oxygens (including phenoxy) is 1. The fourth-order valence-corrected chi connectivity index (χ4v) is 2.68. The van der Waals surface area contributed by atoms with Gasteiger partial charge in [-0.15, -0.1) is 0 Å². The highest BCUT2D eigenvalue weighted by Gasteiger charge is 2.09. The number of aromatic nitrogens is 1. The summed E-state index contributed by atoms with van der Waals surface area (Å²) in [6.45, 7) is 0.602. The first kappa shape index (κ1) is 14.8. The number of esters is 1. The van der Waals surface area contributed by atoms with Crippen LogP contribution in [0.4, 0.5) is 0 Å². The summed E-state index contributed by atoms with van der Waals surface area (Å²) in [5.41, 5.74) is 3.39. The second kappa shape index (κ2) is 6.36. The van der Waals surface area contributed by atoms with Gasteiger partial charge in [0.1, 0.15) is 0 Å². The molecule has 1 N–H and O–H groups in total. The predicted molar refractivity (Wildman–Crippen MR) is 88.2 cm³/mol. The Labute approximate surface area is 133 Å². The molecule has 1 aromatic heterocycles. The van der Waals surface area contributed by atoms with Crippen molar-refractivity contribution >= 4 is 23.1 Å². The van der Waals surface area contributed by atoms with Crippen LogP contribution in [0.1, 0.15) is 21.5 Å². The topological polar surface area (TPSA) is 63.8 Å². The van der Waals surface area contributed by atoms with E-state index in [0.29, 0.717) is 12.1 Å². The van der Waals surface area contributed by atoms with E-state index in [1.807, 2.05) is 48.7 Å². The van der Waals surface area contributed by atoms with E-state index < -0.39 is 0 Å². The molecule has 0 aliphatic carbocycles. The predicted octanol–water partition coefficient (Wildman–Crippen LogP) is 3.28. The first-order valence-corrected chi connectivity index (χ1v) is 7.15. The van der Waals surface area contributed by atoms with Crippen LogP contribution in [0.15, 0.2) is 59.9 Å². The van der Waals surface area contributed by atoms with Crippen LogP contribution in [0.25, 0.3) is 10.9 Å². The first-order valence-electron chi connectivity index (χ1n) is 7.15. The number of methoxy groups -OCH3 is 1. The molecule has 0 saturated heterocycles. The molecule has 0 spiro atoms. The Hall–Kier alpha value is -3.08. The van der Waals surface area contributed by atoms with E-state index in [4.69, 9.17) is 9.94 Å². The van der Waals surface area contributed by atoms with Crippen LogP contribution in [-0.2, 0) is 11.3 Å². The van der Waals surface area contributed by atoms with Crippen LogP contribution in [0, 0.1) is 0 Å². The van der Waals surface area contributed by atoms with Crippen molar-refractivity contribution in [1.82, 2.24) is 4.57 Å². The summed E-state index contributed by atoms with van der Waals surface area (Å²) in [7, 11) is 1.37. The van der Waals surface area contributed by atoms with Gasteiger partial charge in [-0.2, -0.15) is 0 Å².